The first kappa shape index (κ1) is 9.35. The van der Waals surface area contributed by atoms with Gasteiger partial charge in [-0.1, -0.05) is 19.8 Å². The zero-order valence-corrected chi connectivity index (χ0v) is 9.61. The van der Waals surface area contributed by atoms with Crippen molar-refractivity contribution in [1.82, 2.24) is 0 Å². The molecule has 0 radical (unpaired) electrons. The van der Waals surface area contributed by atoms with E-state index in [1.54, 1.807) is 0 Å². The van der Waals surface area contributed by atoms with E-state index in [0.29, 0.717) is 0 Å². The molecule has 2 nitrogen and oxygen atoms in total. The summed E-state index contributed by atoms with van der Waals surface area (Å²) >= 11 is 0. The zero-order chi connectivity index (χ0) is 7.33. The molecule has 0 aliphatic heterocycles. The summed E-state index contributed by atoms with van der Waals surface area (Å²) in [4.78, 5) is 0. The first-order chi connectivity index (χ1) is 4.12. The van der Waals surface area contributed by atoms with Crippen LogP contribution < -0.4 is 5.40 Å². The molecule has 0 fully saturated rings. The lowest BCUT2D eigenvalue weighted by Crippen LogP contribution is -2.44. The molecule has 0 heterocycles. The maximum absolute atomic E-state index is 5.85. The summed E-state index contributed by atoms with van der Waals surface area (Å²) in [5, 5.41) is 5.85. The van der Waals surface area contributed by atoms with Gasteiger partial charge in [0.25, 0.3) is 8.48 Å². The molecule has 4 heteroatoms. The van der Waals surface area contributed by atoms with Crippen molar-refractivity contribution in [3.05, 3.63) is 0 Å². The fraction of sp³-hybridized carbons (Fsp3) is 1.00. The summed E-state index contributed by atoms with van der Waals surface area (Å²) in [5.41, 5.74) is 0. The quantitative estimate of drug-likeness (QED) is 0.597. The van der Waals surface area contributed by atoms with E-state index in [2.05, 4.69) is 13.5 Å². The van der Waals surface area contributed by atoms with E-state index < -0.39 is 8.48 Å². The van der Waals surface area contributed by atoms with Gasteiger partial charge in [-0.3, -0.25) is 0 Å². The van der Waals surface area contributed by atoms with E-state index in [1.807, 2.05) is 0 Å². The maximum atomic E-state index is 5.85. The van der Waals surface area contributed by atoms with Crippen molar-refractivity contribution >= 4 is 19.0 Å². The highest BCUT2D eigenvalue weighted by molar-refractivity contribution is 6.71. The Hall–Kier alpha value is 0.354. The van der Waals surface area contributed by atoms with Crippen LogP contribution in [0.2, 0.25) is 12.6 Å². The SMILES string of the molecule is CCCC[Si](C)(N)O[SiH3]. The topological polar surface area (TPSA) is 35.2 Å². The van der Waals surface area contributed by atoms with Gasteiger partial charge < -0.3 is 9.51 Å². The number of hydrogen-bond donors (Lipinski definition) is 1. The minimum Gasteiger partial charge on any atom is -0.453 e. The molecule has 2 N–H and O–H groups in total. The summed E-state index contributed by atoms with van der Waals surface area (Å²) < 4.78 is 5.30. The number of nitrogens with two attached hydrogens (primary N) is 1. The van der Waals surface area contributed by atoms with Gasteiger partial charge in [0.2, 0.25) is 0 Å². The molecule has 0 saturated carbocycles. The van der Waals surface area contributed by atoms with Crippen LogP contribution >= 0.6 is 0 Å². The van der Waals surface area contributed by atoms with Gasteiger partial charge in [-0.2, -0.15) is 0 Å². The molecule has 1 unspecified atom stereocenters. The largest absolute Gasteiger partial charge is 0.453 e. The van der Waals surface area contributed by atoms with Gasteiger partial charge >= 0.3 is 0 Å². The Morgan fingerprint density at radius 1 is 1.67 bits per heavy atom. The summed E-state index contributed by atoms with van der Waals surface area (Å²) in [6, 6.07) is 1.12. The van der Waals surface area contributed by atoms with Gasteiger partial charge in [0.1, 0.15) is 10.5 Å². The van der Waals surface area contributed by atoms with Gasteiger partial charge in [0.05, 0.1) is 0 Å². The molecule has 9 heavy (non-hydrogen) atoms. The van der Waals surface area contributed by atoms with E-state index in [0.717, 1.165) is 16.5 Å². The molecule has 0 rings (SSSR count). The van der Waals surface area contributed by atoms with E-state index in [1.165, 1.54) is 12.8 Å². The second-order valence-corrected chi connectivity index (χ2v) is 7.38. The van der Waals surface area contributed by atoms with Crippen molar-refractivity contribution in [3.8, 4) is 0 Å². The Kier molecular flexibility index (Phi) is 4.38. The van der Waals surface area contributed by atoms with Crippen LogP contribution in [0.5, 0.6) is 0 Å². The Labute approximate surface area is 61.5 Å². The molecule has 1 atom stereocenters. The van der Waals surface area contributed by atoms with E-state index in [9.17, 15) is 0 Å². The molecular formula is C5H17NOSi2. The predicted octanol–water partition coefficient (Wildman–Crippen LogP) is 0.114. The fourth-order valence-electron chi connectivity index (χ4n) is 0.630. The lowest BCUT2D eigenvalue weighted by atomic mass is 10.4. The average Bonchev–Trinajstić information content (AvgIpc) is 1.84. The van der Waals surface area contributed by atoms with Crippen LogP contribution in [0.1, 0.15) is 19.8 Å². The van der Waals surface area contributed by atoms with Gasteiger partial charge in [-0.25, -0.2) is 0 Å². The predicted molar refractivity (Wildman–Crippen MR) is 46.5 cm³/mol. The molecular weight excluding hydrogens is 146 g/mol. The number of hydrogen-bond acceptors (Lipinski definition) is 2. The highest BCUT2D eigenvalue weighted by Crippen LogP contribution is 2.06. The lowest BCUT2D eigenvalue weighted by Gasteiger charge is -2.18. The summed E-state index contributed by atoms with van der Waals surface area (Å²) in [6.07, 6.45) is 2.45. The van der Waals surface area contributed by atoms with Crippen LogP contribution in [0, 0.1) is 0 Å². The monoisotopic (exact) mass is 163 g/mol. The average molecular weight is 163 g/mol. The zero-order valence-electron chi connectivity index (χ0n) is 6.61. The molecule has 0 saturated heterocycles. The van der Waals surface area contributed by atoms with Crippen molar-refractivity contribution < 1.29 is 4.12 Å². The molecule has 0 aliphatic carbocycles. The molecule has 0 bridgehead atoms. The third kappa shape index (κ3) is 4.83. The van der Waals surface area contributed by atoms with Crippen LogP contribution in [0.25, 0.3) is 0 Å². The summed E-state index contributed by atoms with van der Waals surface area (Å²) in [7, 11) is -0.836. The Balaban J connectivity index is 3.33. The molecule has 0 spiro atoms. The third-order valence-corrected chi connectivity index (χ3v) is 6.57. The van der Waals surface area contributed by atoms with E-state index in [4.69, 9.17) is 9.51 Å². The standard InChI is InChI=1S/C5H17NOSi2/c1-3-4-5-9(2,6)7-8/h3-6H2,1-2,8H3. The molecule has 0 aliphatic rings. The maximum Gasteiger partial charge on any atom is 0.251 e. The second kappa shape index (κ2) is 4.21. The Bertz CT molecular complexity index is 77.4. The number of rotatable bonds is 4. The highest BCUT2D eigenvalue weighted by atomic mass is 28.4. The van der Waals surface area contributed by atoms with Crippen molar-refractivity contribution in [2.24, 2.45) is 5.40 Å². The molecule has 0 aromatic rings. The van der Waals surface area contributed by atoms with Gasteiger partial charge in [-0.05, 0) is 12.6 Å². The summed E-state index contributed by atoms with van der Waals surface area (Å²) in [5.74, 6) is 0. The highest BCUT2D eigenvalue weighted by Gasteiger charge is 2.19. The number of unbranched alkanes of at least 4 members (excludes halogenated alkanes) is 1. The summed E-state index contributed by atoms with van der Waals surface area (Å²) in [6.45, 7) is 4.26. The van der Waals surface area contributed by atoms with Crippen molar-refractivity contribution in [3.63, 3.8) is 0 Å². The van der Waals surface area contributed by atoms with Crippen LogP contribution in [0.3, 0.4) is 0 Å². The third-order valence-electron chi connectivity index (χ3n) is 1.49. The lowest BCUT2D eigenvalue weighted by molar-refractivity contribution is 0.590. The Morgan fingerprint density at radius 3 is 2.56 bits per heavy atom. The molecule has 0 amide bonds. The molecule has 56 valence electrons. The smallest absolute Gasteiger partial charge is 0.251 e. The van der Waals surface area contributed by atoms with Gasteiger partial charge in [-0.15, -0.1) is 0 Å². The normalized spacial score (nSPS) is 17.7. The minimum atomic E-state index is -1.64. The van der Waals surface area contributed by atoms with Crippen molar-refractivity contribution in [2.75, 3.05) is 0 Å². The first-order valence-electron chi connectivity index (χ1n) is 3.46. The van der Waals surface area contributed by atoms with Crippen molar-refractivity contribution in [1.29, 1.82) is 0 Å². The van der Waals surface area contributed by atoms with Crippen LogP contribution in [-0.2, 0) is 4.12 Å². The second-order valence-electron chi connectivity index (χ2n) is 2.62. The molecule has 0 aromatic carbocycles. The van der Waals surface area contributed by atoms with Gasteiger partial charge in [0.15, 0.2) is 0 Å². The fourth-order valence-corrected chi connectivity index (χ4v) is 2.50. The first-order valence-corrected chi connectivity index (χ1v) is 6.97. The minimum absolute atomic E-state index is 0.801. The van der Waals surface area contributed by atoms with Crippen LogP contribution in [-0.4, -0.2) is 19.0 Å². The van der Waals surface area contributed by atoms with Crippen molar-refractivity contribution in [2.45, 2.75) is 32.4 Å². The van der Waals surface area contributed by atoms with Gasteiger partial charge in [0, 0.05) is 0 Å². The molecule has 0 aromatic heterocycles. The van der Waals surface area contributed by atoms with E-state index in [-0.39, 0.29) is 0 Å². The van der Waals surface area contributed by atoms with Crippen LogP contribution in [0.15, 0.2) is 0 Å². The Morgan fingerprint density at radius 2 is 2.22 bits per heavy atom. The van der Waals surface area contributed by atoms with E-state index >= 15 is 0 Å². The van der Waals surface area contributed by atoms with Crippen LogP contribution in [0.4, 0.5) is 0 Å².